The van der Waals surface area contributed by atoms with Gasteiger partial charge in [0, 0.05) is 26.3 Å². The first kappa shape index (κ1) is 15.4. The summed E-state index contributed by atoms with van der Waals surface area (Å²) in [4.78, 5) is 13.1. The lowest BCUT2D eigenvalue weighted by Crippen LogP contribution is -2.32. The van der Waals surface area contributed by atoms with Crippen LogP contribution in [0.4, 0.5) is 18.9 Å². The largest absolute Gasteiger partial charge is 0.397 e. The van der Waals surface area contributed by atoms with Crippen molar-refractivity contribution in [2.45, 2.75) is 32.5 Å². The molecule has 0 aliphatic rings. The molecule has 0 aliphatic heterocycles. The lowest BCUT2D eigenvalue weighted by molar-refractivity contribution is -0.136. The van der Waals surface area contributed by atoms with Gasteiger partial charge in [0.25, 0.3) is 5.91 Å². The molecule has 108 valence electrons. The molecule has 0 saturated carbocycles. The van der Waals surface area contributed by atoms with E-state index in [9.17, 15) is 18.0 Å². The Morgan fingerprint density at radius 2 is 2.11 bits per heavy atom. The van der Waals surface area contributed by atoms with Crippen LogP contribution < -0.4 is 5.73 Å². The zero-order valence-corrected chi connectivity index (χ0v) is 11.0. The number of halogens is 3. The SMILES string of the molecule is CCCn1cc(N)cc1C(=O)N(C)CCC(F)(F)F. The van der Waals surface area contributed by atoms with Crippen LogP contribution in [0, 0.1) is 0 Å². The number of rotatable bonds is 5. The smallest absolute Gasteiger partial charge is 0.390 e. The van der Waals surface area contributed by atoms with Crippen molar-refractivity contribution in [3.63, 3.8) is 0 Å². The first-order valence-corrected chi connectivity index (χ1v) is 6.02. The maximum absolute atomic E-state index is 12.1. The van der Waals surface area contributed by atoms with E-state index in [4.69, 9.17) is 5.73 Å². The molecular formula is C12H18F3N3O. The summed E-state index contributed by atoms with van der Waals surface area (Å²) in [7, 11) is 1.35. The third-order valence-electron chi connectivity index (χ3n) is 2.68. The number of nitrogen functional groups attached to an aromatic ring is 1. The van der Waals surface area contributed by atoms with Crippen molar-refractivity contribution in [2.75, 3.05) is 19.3 Å². The highest BCUT2D eigenvalue weighted by molar-refractivity contribution is 5.93. The Balaban J connectivity index is 2.76. The Morgan fingerprint density at radius 1 is 1.47 bits per heavy atom. The van der Waals surface area contributed by atoms with Crippen molar-refractivity contribution in [1.29, 1.82) is 0 Å². The number of aryl methyl sites for hydroxylation is 1. The average molecular weight is 277 g/mol. The van der Waals surface area contributed by atoms with Gasteiger partial charge in [0.1, 0.15) is 5.69 Å². The summed E-state index contributed by atoms with van der Waals surface area (Å²) < 4.78 is 38.0. The number of nitrogens with zero attached hydrogens (tertiary/aromatic N) is 2. The van der Waals surface area contributed by atoms with Gasteiger partial charge in [-0.2, -0.15) is 13.2 Å². The van der Waals surface area contributed by atoms with E-state index in [0.29, 0.717) is 17.9 Å². The highest BCUT2D eigenvalue weighted by atomic mass is 19.4. The Labute approximate surface area is 110 Å². The molecule has 19 heavy (non-hydrogen) atoms. The summed E-state index contributed by atoms with van der Waals surface area (Å²) in [6, 6.07) is 1.49. The standard InChI is InChI=1S/C12H18F3N3O/c1-3-5-18-8-9(16)7-10(18)11(19)17(2)6-4-12(13,14)15/h7-8H,3-6,16H2,1-2H3. The van der Waals surface area contributed by atoms with Crippen LogP contribution in [0.15, 0.2) is 12.3 Å². The van der Waals surface area contributed by atoms with Crippen LogP contribution in [0.3, 0.4) is 0 Å². The fourth-order valence-corrected chi connectivity index (χ4v) is 1.73. The quantitative estimate of drug-likeness (QED) is 0.899. The summed E-state index contributed by atoms with van der Waals surface area (Å²) in [6.07, 6.45) is -2.85. The number of aromatic nitrogens is 1. The van der Waals surface area contributed by atoms with Crippen LogP contribution in [0.2, 0.25) is 0 Å². The molecule has 0 bridgehead atoms. The number of hydrogen-bond acceptors (Lipinski definition) is 2. The van der Waals surface area contributed by atoms with Crippen molar-refractivity contribution in [3.8, 4) is 0 Å². The second-order valence-corrected chi connectivity index (χ2v) is 4.44. The Hall–Kier alpha value is -1.66. The number of anilines is 1. The molecule has 4 nitrogen and oxygen atoms in total. The molecule has 2 N–H and O–H groups in total. The maximum Gasteiger partial charge on any atom is 0.390 e. The molecule has 1 rings (SSSR count). The van der Waals surface area contributed by atoms with E-state index in [0.717, 1.165) is 11.3 Å². The minimum Gasteiger partial charge on any atom is -0.397 e. The van der Waals surface area contributed by atoms with E-state index in [1.165, 1.54) is 13.1 Å². The van der Waals surface area contributed by atoms with Gasteiger partial charge in [0.15, 0.2) is 0 Å². The Kier molecular flexibility index (Phi) is 4.85. The highest BCUT2D eigenvalue weighted by Gasteiger charge is 2.28. The monoisotopic (exact) mass is 277 g/mol. The van der Waals surface area contributed by atoms with Gasteiger partial charge in [-0.15, -0.1) is 0 Å². The third kappa shape index (κ3) is 4.50. The number of amides is 1. The molecule has 0 aromatic carbocycles. The fourth-order valence-electron chi connectivity index (χ4n) is 1.73. The highest BCUT2D eigenvalue weighted by Crippen LogP contribution is 2.20. The topological polar surface area (TPSA) is 51.3 Å². The minimum absolute atomic E-state index is 0.323. The van der Waals surface area contributed by atoms with Gasteiger partial charge in [-0.3, -0.25) is 4.79 Å². The molecule has 0 saturated heterocycles. The van der Waals surface area contributed by atoms with E-state index in [1.807, 2.05) is 6.92 Å². The molecule has 0 atom stereocenters. The van der Waals surface area contributed by atoms with Gasteiger partial charge in [0.05, 0.1) is 12.1 Å². The first-order chi connectivity index (χ1) is 8.74. The third-order valence-corrected chi connectivity index (χ3v) is 2.68. The zero-order chi connectivity index (χ0) is 14.6. The molecule has 7 heteroatoms. The summed E-state index contributed by atoms with van der Waals surface area (Å²) in [5, 5.41) is 0. The fraction of sp³-hybridized carbons (Fsp3) is 0.583. The van der Waals surface area contributed by atoms with E-state index in [-0.39, 0.29) is 6.54 Å². The van der Waals surface area contributed by atoms with E-state index < -0.39 is 18.5 Å². The first-order valence-electron chi connectivity index (χ1n) is 6.02. The van der Waals surface area contributed by atoms with Gasteiger partial charge in [0.2, 0.25) is 0 Å². The van der Waals surface area contributed by atoms with Gasteiger partial charge >= 0.3 is 6.18 Å². The van der Waals surface area contributed by atoms with E-state index in [2.05, 4.69) is 0 Å². The maximum atomic E-state index is 12.1. The molecule has 1 aromatic heterocycles. The molecule has 0 radical (unpaired) electrons. The molecular weight excluding hydrogens is 259 g/mol. The number of alkyl halides is 3. The number of carbonyl (C=O) groups excluding carboxylic acids is 1. The predicted octanol–water partition coefficient (Wildman–Crippen LogP) is 2.50. The van der Waals surface area contributed by atoms with E-state index in [1.54, 1.807) is 10.8 Å². The van der Waals surface area contributed by atoms with Gasteiger partial charge in [-0.05, 0) is 12.5 Å². The molecule has 1 heterocycles. The van der Waals surface area contributed by atoms with Crippen molar-refractivity contribution in [2.24, 2.45) is 0 Å². The molecule has 0 aliphatic carbocycles. The van der Waals surface area contributed by atoms with Crippen LogP contribution in [-0.4, -0.2) is 35.1 Å². The predicted molar refractivity (Wildman–Crippen MR) is 66.8 cm³/mol. The molecule has 0 fully saturated rings. The van der Waals surface area contributed by atoms with Crippen LogP contribution in [0.5, 0.6) is 0 Å². The lowest BCUT2D eigenvalue weighted by atomic mass is 10.3. The Morgan fingerprint density at radius 3 is 2.63 bits per heavy atom. The molecule has 0 spiro atoms. The number of hydrogen-bond donors (Lipinski definition) is 1. The molecule has 1 amide bonds. The van der Waals surface area contributed by atoms with Gasteiger partial charge in [-0.25, -0.2) is 0 Å². The van der Waals surface area contributed by atoms with Crippen molar-refractivity contribution >= 4 is 11.6 Å². The van der Waals surface area contributed by atoms with E-state index >= 15 is 0 Å². The lowest BCUT2D eigenvalue weighted by Gasteiger charge is -2.19. The molecule has 1 aromatic rings. The zero-order valence-electron chi connectivity index (χ0n) is 11.0. The van der Waals surface area contributed by atoms with Gasteiger partial charge in [-0.1, -0.05) is 6.92 Å². The van der Waals surface area contributed by atoms with Crippen molar-refractivity contribution < 1.29 is 18.0 Å². The van der Waals surface area contributed by atoms with Gasteiger partial charge < -0.3 is 15.2 Å². The van der Waals surface area contributed by atoms with Crippen molar-refractivity contribution in [3.05, 3.63) is 18.0 Å². The van der Waals surface area contributed by atoms with Crippen LogP contribution in [0.25, 0.3) is 0 Å². The second-order valence-electron chi connectivity index (χ2n) is 4.44. The summed E-state index contributed by atoms with van der Waals surface area (Å²) in [5.74, 6) is -0.450. The Bertz CT molecular complexity index is 440. The van der Waals surface area contributed by atoms with Crippen LogP contribution >= 0.6 is 0 Å². The second kappa shape index (κ2) is 5.99. The average Bonchev–Trinajstić information content (AvgIpc) is 2.66. The molecule has 0 unspecified atom stereocenters. The van der Waals surface area contributed by atoms with Crippen LogP contribution in [0.1, 0.15) is 30.3 Å². The normalized spacial score (nSPS) is 11.6. The number of carbonyl (C=O) groups is 1. The van der Waals surface area contributed by atoms with Crippen LogP contribution in [-0.2, 0) is 6.54 Å². The summed E-state index contributed by atoms with van der Waals surface area (Å²) >= 11 is 0. The minimum atomic E-state index is -4.26. The number of nitrogens with two attached hydrogens (primary N) is 1. The summed E-state index contributed by atoms with van der Waals surface area (Å²) in [6.45, 7) is 2.18. The summed E-state index contributed by atoms with van der Waals surface area (Å²) in [5.41, 5.74) is 6.37. The van der Waals surface area contributed by atoms with Crippen molar-refractivity contribution in [1.82, 2.24) is 9.47 Å².